The Balaban J connectivity index is 1.70. The van der Waals surface area contributed by atoms with Crippen molar-refractivity contribution in [2.24, 2.45) is 0 Å². The summed E-state index contributed by atoms with van der Waals surface area (Å²) >= 11 is 0. The van der Waals surface area contributed by atoms with Gasteiger partial charge in [0.1, 0.15) is 5.75 Å². The van der Waals surface area contributed by atoms with Gasteiger partial charge in [0.2, 0.25) is 5.95 Å². The Hall–Kier alpha value is -2.11. The van der Waals surface area contributed by atoms with E-state index in [1.165, 1.54) is 25.0 Å². The van der Waals surface area contributed by atoms with Gasteiger partial charge in [-0.05, 0) is 37.1 Å². The van der Waals surface area contributed by atoms with Crippen LogP contribution in [0, 0.1) is 0 Å². The molecule has 0 aliphatic heterocycles. The molecule has 19 heavy (non-hydrogen) atoms. The Morgan fingerprint density at radius 3 is 2.63 bits per heavy atom. The summed E-state index contributed by atoms with van der Waals surface area (Å²) in [5.74, 6) is 0.913. The van der Waals surface area contributed by atoms with Gasteiger partial charge in [-0.25, -0.2) is 4.98 Å². The second kappa shape index (κ2) is 4.87. The molecule has 0 unspecified atom stereocenters. The zero-order chi connectivity index (χ0) is 13.2. The predicted octanol–water partition coefficient (Wildman–Crippen LogP) is 3.56. The van der Waals surface area contributed by atoms with Crippen LogP contribution in [0.2, 0.25) is 0 Å². The lowest BCUT2D eigenvalue weighted by molar-refractivity contribution is -0.0498. The van der Waals surface area contributed by atoms with Crippen molar-refractivity contribution in [1.29, 1.82) is 0 Å². The minimum Gasteiger partial charge on any atom is -0.435 e. The number of ether oxygens (including phenoxy) is 1. The van der Waals surface area contributed by atoms with Crippen molar-refractivity contribution in [3.8, 4) is 5.75 Å². The van der Waals surface area contributed by atoms with Gasteiger partial charge in [-0.1, -0.05) is 0 Å². The third kappa shape index (κ3) is 2.83. The van der Waals surface area contributed by atoms with E-state index in [0.717, 1.165) is 11.6 Å². The SMILES string of the molecule is FC(F)Oc1ccc(Nc2nccn2C2CC2)cc1. The van der Waals surface area contributed by atoms with Crippen LogP contribution in [0.3, 0.4) is 0 Å². The number of nitrogens with one attached hydrogen (secondary N) is 1. The second-order valence-corrected chi connectivity index (χ2v) is 4.42. The topological polar surface area (TPSA) is 39.1 Å². The van der Waals surface area contributed by atoms with Crippen LogP contribution in [-0.4, -0.2) is 16.2 Å². The Morgan fingerprint density at radius 1 is 1.26 bits per heavy atom. The standard InChI is InChI=1S/C13H13F2N3O/c14-12(15)19-11-5-1-9(2-6-11)17-13-16-7-8-18(13)10-3-4-10/h1-2,5-8,10,12H,3-4H2,(H,16,17). The highest BCUT2D eigenvalue weighted by Gasteiger charge is 2.25. The molecule has 1 aliphatic rings. The van der Waals surface area contributed by atoms with Crippen molar-refractivity contribution in [2.45, 2.75) is 25.5 Å². The lowest BCUT2D eigenvalue weighted by Crippen LogP contribution is -2.03. The van der Waals surface area contributed by atoms with E-state index in [1.807, 2.05) is 6.20 Å². The molecule has 0 bridgehead atoms. The quantitative estimate of drug-likeness (QED) is 0.898. The molecule has 3 rings (SSSR count). The molecule has 0 spiro atoms. The Bertz CT molecular complexity index is 549. The van der Waals surface area contributed by atoms with E-state index < -0.39 is 6.61 Å². The van der Waals surface area contributed by atoms with Crippen LogP contribution in [0.4, 0.5) is 20.4 Å². The number of hydrogen-bond acceptors (Lipinski definition) is 3. The van der Waals surface area contributed by atoms with Crippen LogP contribution < -0.4 is 10.1 Å². The lowest BCUT2D eigenvalue weighted by atomic mass is 10.3. The monoisotopic (exact) mass is 265 g/mol. The van der Waals surface area contributed by atoms with E-state index in [0.29, 0.717) is 6.04 Å². The maximum Gasteiger partial charge on any atom is 0.387 e. The van der Waals surface area contributed by atoms with E-state index in [1.54, 1.807) is 18.3 Å². The molecule has 0 atom stereocenters. The molecule has 1 aliphatic carbocycles. The third-order valence-corrected chi connectivity index (χ3v) is 2.94. The molecular weight excluding hydrogens is 252 g/mol. The Morgan fingerprint density at radius 2 is 2.00 bits per heavy atom. The first-order valence-corrected chi connectivity index (χ1v) is 6.07. The summed E-state index contributed by atoms with van der Waals surface area (Å²) in [6, 6.07) is 6.90. The first-order valence-electron chi connectivity index (χ1n) is 6.07. The molecule has 2 aromatic rings. The minimum absolute atomic E-state index is 0.145. The number of anilines is 2. The van der Waals surface area contributed by atoms with Gasteiger partial charge in [-0.2, -0.15) is 8.78 Å². The van der Waals surface area contributed by atoms with Gasteiger partial charge in [0.05, 0.1) is 0 Å². The average Bonchev–Trinajstić information content (AvgIpc) is 3.12. The molecule has 1 heterocycles. The molecule has 0 amide bonds. The number of imidazole rings is 1. The fourth-order valence-corrected chi connectivity index (χ4v) is 1.91. The lowest BCUT2D eigenvalue weighted by Gasteiger charge is -2.09. The molecule has 1 aromatic heterocycles. The molecular formula is C13H13F2N3O. The molecule has 0 saturated heterocycles. The highest BCUT2D eigenvalue weighted by atomic mass is 19.3. The summed E-state index contributed by atoms with van der Waals surface area (Å²) < 4.78 is 30.4. The van der Waals surface area contributed by atoms with Gasteiger partial charge in [-0.15, -0.1) is 0 Å². The molecule has 1 N–H and O–H groups in total. The first kappa shape index (κ1) is 12.0. The molecule has 1 saturated carbocycles. The number of nitrogens with zero attached hydrogens (tertiary/aromatic N) is 2. The minimum atomic E-state index is -2.80. The van der Waals surface area contributed by atoms with Crippen LogP contribution >= 0.6 is 0 Å². The molecule has 100 valence electrons. The van der Waals surface area contributed by atoms with Crippen molar-refractivity contribution in [3.63, 3.8) is 0 Å². The highest BCUT2D eigenvalue weighted by Crippen LogP contribution is 2.37. The fraction of sp³-hybridized carbons (Fsp3) is 0.308. The van der Waals surface area contributed by atoms with E-state index in [9.17, 15) is 8.78 Å². The van der Waals surface area contributed by atoms with Crippen LogP contribution in [0.1, 0.15) is 18.9 Å². The second-order valence-electron chi connectivity index (χ2n) is 4.42. The van der Waals surface area contributed by atoms with Crippen molar-refractivity contribution in [3.05, 3.63) is 36.7 Å². The van der Waals surface area contributed by atoms with Crippen LogP contribution in [0.5, 0.6) is 5.75 Å². The van der Waals surface area contributed by atoms with Gasteiger partial charge in [0, 0.05) is 24.1 Å². The van der Waals surface area contributed by atoms with E-state index in [2.05, 4.69) is 19.6 Å². The zero-order valence-corrected chi connectivity index (χ0v) is 10.1. The van der Waals surface area contributed by atoms with Gasteiger partial charge >= 0.3 is 6.61 Å². The van der Waals surface area contributed by atoms with Crippen LogP contribution in [-0.2, 0) is 0 Å². The van der Waals surface area contributed by atoms with Gasteiger partial charge < -0.3 is 14.6 Å². The van der Waals surface area contributed by atoms with E-state index >= 15 is 0 Å². The number of aromatic nitrogens is 2. The number of rotatable bonds is 5. The maximum absolute atomic E-state index is 12.0. The van der Waals surface area contributed by atoms with Gasteiger partial charge in [0.15, 0.2) is 0 Å². The number of hydrogen-bond donors (Lipinski definition) is 1. The smallest absolute Gasteiger partial charge is 0.387 e. The number of halogens is 2. The van der Waals surface area contributed by atoms with Gasteiger partial charge in [-0.3, -0.25) is 0 Å². The van der Waals surface area contributed by atoms with Crippen LogP contribution in [0.15, 0.2) is 36.7 Å². The fourth-order valence-electron chi connectivity index (χ4n) is 1.91. The van der Waals surface area contributed by atoms with Crippen molar-refractivity contribution < 1.29 is 13.5 Å². The summed E-state index contributed by atoms with van der Waals surface area (Å²) in [4.78, 5) is 4.24. The normalized spacial score (nSPS) is 14.7. The largest absolute Gasteiger partial charge is 0.435 e. The summed E-state index contributed by atoms with van der Waals surface area (Å²) in [5, 5.41) is 3.16. The summed E-state index contributed by atoms with van der Waals surface area (Å²) in [6.45, 7) is -2.80. The van der Waals surface area contributed by atoms with Crippen molar-refractivity contribution >= 4 is 11.6 Å². The van der Waals surface area contributed by atoms with Crippen molar-refractivity contribution in [2.75, 3.05) is 5.32 Å². The van der Waals surface area contributed by atoms with Gasteiger partial charge in [0.25, 0.3) is 0 Å². The maximum atomic E-state index is 12.0. The van der Waals surface area contributed by atoms with Crippen molar-refractivity contribution in [1.82, 2.24) is 9.55 Å². The number of benzene rings is 1. The van der Waals surface area contributed by atoms with E-state index in [-0.39, 0.29) is 5.75 Å². The molecule has 1 aromatic carbocycles. The average molecular weight is 265 g/mol. The first-order chi connectivity index (χ1) is 9.22. The molecule has 0 radical (unpaired) electrons. The summed E-state index contributed by atoms with van der Waals surface area (Å²) in [5.41, 5.74) is 0.787. The number of alkyl halides is 2. The predicted molar refractivity (Wildman–Crippen MR) is 66.9 cm³/mol. The Kier molecular flexibility index (Phi) is 3.06. The molecule has 1 fully saturated rings. The summed E-state index contributed by atoms with van der Waals surface area (Å²) in [6.07, 6.45) is 6.03. The highest BCUT2D eigenvalue weighted by molar-refractivity contribution is 5.55. The zero-order valence-electron chi connectivity index (χ0n) is 10.1. The van der Waals surface area contributed by atoms with Crippen LogP contribution in [0.25, 0.3) is 0 Å². The van der Waals surface area contributed by atoms with E-state index in [4.69, 9.17) is 0 Å². The molecule has 6 heteroatoms. The Labute approximate surface area is 109 Å². The summed E-state index contributed by atoms with van der Waals surface area (Å²) in [7, 11) is 0. The third-order valence-electron chi connectivity index (χ3n) is 2.94. The molecule has 4 nitrogen and oxygen atoms in total.